The summed E-state index contributed by atoms with van der Waals surface area (Å²) in [4.78, 5) is 24.0. The standard InChI is InChI=1S/C15H22O3/c1-14(2,3)18-13(17)15-8-5-4-6-11(15)10-12(16)7-9-15/h7,9,11H,4-6,8,10H2,1-3H3. The van der Waals surface area contributed by atoms with Gasteiger partial charge < -0.3 is 4.74 Å². The lowest BCUT2D eigenvalue weighted by atomic mass is 9.62. The summed E-state index contributed by atoms with van der Waals surface area (Å²) in [5.74, 6) is 0.128. The van der Waals surface area contributed by atoms with Crippen molar-refractivity contribution in [1.29, 1.82) is 0 Å². The number of rotatable bonds is 1. The lowest BCUT2D eigenvalue weighted by Gasteiger charge is -2.42. The van der Waals surface area contributed by atoms with Crippen molar-refractivity contribution in [2.75, 3.05) is 0 Å². The summed E-state index contributed by atoms with van der Waals surface area (Å²) in [7, 11) is 0. The smallest absolute Gasteiger partial charge is 0.316 e. The summed E-state index contributed by atoms with van der Waals surface area (Å²) in [5, 5.41) is 0. The van der Waals surface area contributed by atoms with Gasteiger partial charge in [-0.15, -0.1) is 0 Å². The molecule has 2 rings (SSSR count). The van der Waals surface area contributed by atoms with Gasteiger partial charge in [-0.25, -0.2) is 0 Å². The van der Waals surface area contributed by atoms with Crippen LogP contribution in [-0.2, 0) is 14.3 Å². The molecule has 0 aromatic rings. The summed E-state index contributed by atoms with van der Waals surface area (Å²) in [6.07, 6.45) is 7.80. The maximum absolute atomic E-state index is 12.5. The van der Waals surface area contributed by atoms with E-state index in [1.165, 1.54) is 0 Å². The van der Waals surface area contributed by atoms with Gasteiger partial charge in [-0.2, -0.15) is 0 Å². The van der Waals surface area contributed by atoms with E-state index in [-0.39, 0.29) is 17.7 Å². The van der Waals surface area contributed by atoms with E-state index in [1.807, 2.05) is 26.8 Å². The monoisotopic (exact) mass is 250 g/mol. The van der Waals surface area contributed by atoms with Crippen LogP contribution < -0.4 is 0 Å². The third-order valence-corrected chi connectivity index (χ3v) is 3.91. The highest BCUT2D eigenvalue weighted by Gasteiger charge is 2.49. The van der Waals surface area contributed by atoms with E-state index in [0.29, 0.717) is 6.42 Å². The highest BCUT2D eigenvalue weighted by atomic mass is 16.6. The van der Waals surface area contributed by atoms with Crippen LogP contribution in [0.25, 0.3) is 0 Å². The first-order valence-electron chi connectivity index (χ1n) is 6.79. The van der Waals surface area contributed by atoms with Crippen LogP contribution in [0.2, 0.25) is 0 Å². The summed E-state index contributed by atoms with van der Waals surface area (Å²) in [5.41, 5.74) is -1.01. The van der Waals surface area contributed by atoms with E-state index in [4.69, 9.17) is 4.74 Å². The number of ether oxygens (including phenoxy) is 1. The molecule has 2 atom stereocenters. The average Bonchev–Trinajstić information content (AvgIpc) is 2.26. The molecule has 0 radical (unpaired) electrons. The average molecular weight is 250 g/mol. The Morgan fingerprint density at radius 3 is 2.78 bits per heavy atom. The fourth-order valence-corrected chi connectivity index (χ4v) is 3.04. The van der Waals surface area contributed by atoms with E-state index in [2.05, 4.69) is 0 Å². The Balaban J connectivity index is 2.27. The third-order valence-electron chi connectivity index (χ3n) is 3.91. The molecule has 0 saturated heterocycles. The van der Waals surface area contributed by atoms with Gasteiger partial charge in [-0.3, -0.25) is 9.59 Å². The fourth-order valence-electron chi connectivity index (χ4n) is 3.04. The van der Waals surface area contributed by atoms with Crippen molar-refractivity contribution in [3.8, 4) is 0 Å². The second-order valence-corrected chi connectivity index (χ2v) is 6.49. The molecule has 1 fully saturated rings. The highest BCUT2D eigenvalue weighted by molar-refractivity contribution is 5.94. The molecular weight excluding hydrogens is 228 g/mol. The van der Waals surface area contributed by atoms with Crippen molar-refractivity contribution in [1.82, 2.24) is 0 Å². The van der Waals surface area contributed by atoms with Gasteiger partial charge in [0.1, 0.15) is 5.60 Å². The van der Waals surface area contributed by atoms with E-state index < -0.39 is 11.0 Å². The SMILES string of the molecule is CC(C)(C)OC(=O)C12C=CC(=O)CC1CCCC2. The number of allylic oxidation sites excluding steroid dienone is 1. The molecule has 100 valence electrons. The normalized spacial score (nSPS) is 31.9. The largest absolute Gasteiger partial charge is 0.459 e. The molecule has 2 unspecified atom stereocenters. The number of ketones is 1. The molecule has 0 spiro atoms. The number of fused-ring (bicyclic) bond motifs is 1. The molecule has 0 amide bonds. The molecule has 0 N–H and O–H groups in total. The zero-order valence-electron chi connectivity index (χ0n) is 11.5. The predicted octanol–water partition coefficient (Wildman–Crippen LogP) is 3.03. The molecule has 0 bridgehead atoms. The first kappa shape index (κ1) is 13.3. The first-order valence-corrected chi connectivity index (χ1v) is 6.79. The van der Waals surface area contributed by atoms with Crippen molar-refractivity contribution in [3.63, 3.8) is 0 Å². The number of hydrogen-bond acceptors (Lipinski definition) is 3. The number of carbonyl (C=O) groups excluding carboxylic acids is 2. The van der Waals surface area contributed by atoms with E-state index in [1.54, 1.807) is 6.08 Å². The zero-order valence-corrected chi connectivity index (χ0v) is 11.5. The lowest BCUT2D eigenvalue weighted by molar-refractivity contribution is -0.170. The maximum Gasteiger partial charge on any atom is 0.316 e. The van der Waals surface area contributed by atoms with Gasteiger partial charge >= 0.3 is 5.97 Å². The van der Waals surface area contributed by atoms with Gasteiger partial charge in [0, 0.05) is 6.42 Å². The van der Waals surface area contributed by atoms with Crippen LogP contribution in [0.4, 0.5) is 0 Å². The van der Waals surface area contributed by atoms with Gasteiger partial charge in [-0.05, 0) is 45.6 Å². The minimum atomic E-state index is -0.542. The predicted molar refractivity (Wildman–Crippen MR) is 69.0 cm³/mol. The van der Waals surface area contributed by atoms with Crippen LogP contribution in [0.5, 0.6) is 0 Å². The Morgan fingerprint density at radius 2 is 2.11 bits per heavy atom. The van der Waals surface area contributed by atoms with Gasteiger partial charge in [-0.1, -0.05) is 18.9 Å². The highest BCUT2D eigenvalue weighted by Crippen LogP contribution is 2.48. The second-order valence-electron chi connectivity index (χ2n) is 6.49. The molecule has 1 saturated carbocycles. The maximum atomic E-state index is 12.5. The Bertz CT molecular complexity index is 389. The number of carbonyl (C=O) groups is 2. The summed E-state index contributed by atoms with van der Waals surface area (Å²) in [6.45, 7) is 5.66. The third kappa shape index (κ3) is 2.50. The molecule has 2 aliphatic rings. The molecule has 3 heteroatoms. The van der Waals surface area contributed by atoms with Gasteiger partial charge in [0.2, 0.25) is 0 Å². The van der Waals surface area contributed by atoms with E-state index in [0.717, 1.165) is 25.7 Å². The minimum absolute atomic E-state index is 0.138. The summed E-state index contributed by atoms with van der Waals surface area (Å²) in [6, 6.07) is 0. The first-order chi connectivity index (χ1) is 8.33. The molecule has 0 heterocycles. The van der Waals surface area contributed by atoms with Crippen molar-refractivity contribution in [3.05, 3.63) is 12.2 Å². The lowest BCUT2D eigenvalue weighted by Crippen LogP contribution is -2.45. The Hall–Kier alpha value is -1.12. The van der Waals surface area contributed by atoms with Crippen molar-refractivity contribution in [2.45, 2.75) is 58.5 Å². The number of esters is 1. The van der Waals surface area contributed by atoms with Crippen LogP contribution in [0.15, 0.2) is 12.2 Å². The number of hydrogen-bond donors (Lipinski definition) is 0. The molecule has 0 aliphatic heterocycles. The van der Waals surface area contributed by atoms with Crippen LogP contribution >= 0.6 is 0 Å². The molecule has 2 aliphatic carbocycles. The summed E-state index contributed by atoms with van der Waals surface area (Å²) < 4.78 is 5.57. The molecule has 0 aromatic heterocycles. The van der Waals surface area contributed by atoms with Crippen molar-refractivity contribution in [2.24, 2.45) is 11.3 Å². The van der Waals surface area contributed by atoms with Gasteiger partial charge in [0.05, 0.1) is 5.41 Å². The zero-order chi connectivity index (χ0) is 13.4. The fraction of sp³-hybridized carbons (Fsp3) is 0.733. The Kier molecular flexibility index (Phi) is 3.35. The van der Waals surface area contributed by atoms with Crippen LogP contribution in [0.3, 0.4) is 0 Å². The van der Waals surface area contributed by atoms with E-state index >= 15 is 0 Å². The van der Waals surface area contributed by atoms with Crippen LogP contribution in [0.1, 0.15) is 52.9 Å². The van der Waals surface area contributed by atoms with Gasteiger partial charge in [0.15, 0.2) is 5.78 Å². The van der Waals surface area contributed by atoms with Crippen LogP contribution in [0, 0.1) is 11.3 Å². The molecule has 18 heavy (non-hydrogen) atoms. The molecule has 3 nitrogen and oxygen atoms in total. The quantitative estimate of drug-likeness (QED) is 0.672. The van der Waals surface area contributed by atoms with E-state index in [9.17, 15) is 9.59 Å². The molecular formula is C15H22O3. The summed E-state index contributed by atoms with van der Waals surface area (Å²) >= 11 is 0. The van der Waals surface area contributed by atoms with Crippen molar-refractivity contribution >= 4 is 11.8 Å². The van der Waals surface area contributed by atoms with Crippen LogP contribution in [-0.4, -0.2) is 17.4 Å². The Morgan fingerprint density at radius 1 is 1.39 bits per heavy atom. The van der Waals surface area contributed by atoms with Crippen molar-refractivity contribution < 1.29 is 14.3 Å². The Labute approximate surface area is 109 Å². The topological polar surface area (TPSA) is 43.4 Å². The minimum Gasteiger partial charge on any atom is -0.459 e. The second kappa shape index (κ2) is 4.52. The molecule has 0 aromatic carbocycles. The van der Waals surface area contributed by atoms with Gasteiger partial charge in [0.25, 0.3) is 0 Å².